The third-order valence-corrected chi connectivity index (χ3v) is 2.16. The molecule has 0 amide bonds. The number of methoxy groups -OCH3 is 2. The van der Waals surface area contributed by atoms with Crippen LogP contribution < -0.4 is 0 Å². The van der Waals surface area contributed by atoms with Gasteiger partial charge in [-0.15, -0.1) is 0 Å². The van der Waals surface area contributed by atoms with E-state index in [0.717, 1.165) is 0 Å². The number of aromatic hydroxyl groups is 1. The van der Waals surface area contributed by atoms with Crippen LogP contribution in [0, 0.1) is 0 Å². The topological polar surface area (TPSA) is 55.8 Å². The maximum atomic E-state index is 10.6. The first kappa shape index (κ1) is 12.0. The number of carbonyl (C=O) groups is 1. The van der Waals surface area contributed by atoms with Gasteiger partial charge in [0.05, 0.1) is 11.1 Å². The molecule has 82 valence electrons. The molecule has 0 bridgehead atoms. The van der Waals surface area contributed by atoms with Gasteiger partial charge in [-0.05, 0) is 12.1 Å². The summed E-state index contributed by atoms with van der Waals surface area (Å²) in [6.45, 7) is 0. The molecule has 0 saturated heterocycles. The van der Waals surface area contributed by atoms with Crippen LogP contribution in [0.5, 0.6) is 5.75 Å². The predicted molar refractivity (Wildman–Crippen MR) is 55.3 cm³/mol. The summed E-state index contributed by atoms with van der Waals surface area (Å²) in [5.74, 6) is -0.178. The van der Waals surface area contributed by atoms with Crippen molar-refractivity contribution in [2.45, 2.75) is 6.29 Å². The van der Waals surface area contributed by atoms with Crippen LogP contribution in [0.2, 0.25) is 5.02 Å². The molecule has 1 aromatic carbocycles. The molecular weight excluding hydrogens is 220 g/mol. The van der Waals surface area contributed by atoms with Crippen molar-refractivity contribution in [2.75, 3.05) is 14.2 Å². The normalized spacial score (nSPS) is 10.7. The summed E-state index contributed by atoms with van der Waals surface area (Å²) in [5.41, 5.74) is 0.436. The van der Waals surface area contributed by atoms with Gasteiger partial charge in [-0.1, -0.05) is 11.6 Å². The lowest BCUT2D eigenvalue weighted by molar-refractivity contribution is -0.107. The fraction of sp³-hybridized carbons (Fsp3) is 0.300. The monoisotopic (exact) mass is 230 g/mol. The number of rotatable bonds is 4. The summed E-state index contributed by atoms with van der Waals surface area (Å²) >= 11 is 5.78. The highest BCUT2D eigenvalue weighted by Crippen LogP contribution is 2.32. The molecule has 0 atom stereocenters. The number of hydrogen-bond acceptors (Lipinski definition) is 4. The Balaban J connectivity index is 3.27. The Hall–Kier alpha value is -1.10. The number of benzene rings is 1. The van der Waals surface area contributed by atoms with Crippen LogP contribution in [0.15, 0.2) is 12.1 Å². The Kier molecular flexibility index (Phi) is 4.08. The summed E-state index contributed by atoms with van der Waals surface area (Å²) in [7, 11) is 2.85. The number of phenols is 1. The highest BCUT2D eigenvalue weighted by Gasteiger charge is 2.17. The van der Waals surface area contributed by atoms with Crippen molar-refractivity contribution in [3.05, 3.63) is 28.3 Å². The van der Waals surface area contributed by atoms with Crippen molar-refractivity contribution >= 4 is 17.9 Å². The standard InChI is InChI=1S/C10H11ClO4/c1-14-10(15-2)8-4-7(11)3-6(5-12)9(8)13/h3-5,10,13H,1-2H3. The Morgan fingerprint density at radius 2 is 2.00 bits per heavy atom. The zero-order valence-corrected chi connectivity index (χ0v) is 9.12. The second kappa shape index (κ2) is 5.11. The Morgan fingerprint density at radius 1 is 1.40 bits per heavy atom. The van der Waals surface area contributed by atoms with Crippen molar-refractivity contribution in [3.63, 3.8) is 0 Å². The van der Waals surface area contributed by atoms with Crippen LogP contribution in [0.25, 0.3) is 0 Å². The minimum atomic E-state index is -0.748. The van der Waals surface area contributed by atoms with Crippen molar-refractivity contribution in [3.8, 4) is 5.75 Å². The summed E-state index contributed by atoms with van der Waals surface area (Å²) in [4.78, 5) is 10.6. The first-order valence-corrected chi connectivity index (χ1v) is 4.55. The Labute approximate surface area is 92.4 Å². The minimum Gasteiger partial charge on any atom is -0.507 e. The SMILES string of the molecule is COC(OC)c1cc(Cl)cc(C=O)c1O. The average Bonchev–Trinajstić information content (AvgIpc) is 2.24. The highest BCUT2D eigenvalue weighted by molar-refractivity contribution is 6.31. The van der Waals surface area contributed by atoms with Crippen LogP contribution in [0.4, 0.5) is 0 Å². The molecule has 1 aromatic rings. The first-order chi connectivity index (χ1) is 7.13. The maximum Gasteiger partial charge on any atom is 0.186 e. The van der Waals surface area contributed by atoms with Gasteiger partial charge in [0.1, 0.15) is 5.75 Å². The van der Waals surface area contributed by atoms with E-state index in [9.17, 15) is 9.90 Å². The van der Waals surface area contributed by atoms with E-state index in [-0.39, 0.29) is 11.3 Å². The van der Waals surface area contributed by atoms with Gasteiger partial charge in [-0.25, -0.2) is 0 Å². The molecule has 1 rings (SSSR count). The third-order valence-electron chi connectivity index (χ3n) is 1.94. The zero-order chi connectivity index (χ0) is 11.4. The predicted octanol–water partition coefficient (Wildman–Crippen LogP) is 2.15. The molecule has 4 nitrogen and oxygen atoms in total. The van der Waals surface area contributed by atoms with Crippen molar-refractivity contribution in [1.29, 1.82) is 0 Å². The molecule has 0 saturated carbocycles. The van der Waals surface area contributed by atoms with Gasteiger partial charge in [0, 0.05) is 19.2 Å². The molecule has 0 unspecified atom stereocenters. The molecule has 0 aliphatic rings. The summed E-state index contributed by atoms with van der Waals surface area (Å²) < 4.78 is 9.93. The van der Waals surface area contributed by atoms with Gasteiger partial charge in [-0.2, -0.15) is 0 Å². The fourth-order valence-corrected chi connectivity index (χ4v) is 1.50. The van der Waals surface area contributed by atoms with E-state index in [1.54, 1.807) is 0 Å². The van der Waals surface area contributed by atoms with Crippen LogP contribution in [0.1, 0.15) is 22.2 Å². The molecule has 0 aliphatic heterocycles. The zero-order valence-electron chi connectivity index (χ0n) is 8.36. The van der Waals surface area contributed by atoms with E-state index in [0.29, 0.717) is 16.9 Å². The lowest BCUT2D eigenvalue weighted by Crippen LogP contribution is -2.05. The summed E-state index contributed by atoms with van der Waals surface area (Å²) in [6.07, 6.45) is -0.227. The van der Waals surface area contributed by atoms with Gasteiger partial charge >= 0.3 is 0 Å². The summed E-state index contributed by atoms with van der Waals surface area (Å²) in [6, 6.07) is 2.86. The van der Waals surface area contributed by atoms with Gasteiger partial charge in [-0.3, -0.25) is 4.79 Å². The van der Waals surface area contributed by atoms with Gasteiger partial charge < -0.3 is 14.6 Å². The quantitative estimate of drug-likeness (QED) is 0.636. The van der Waals surface area contributed by atoms with Crippen LogP contribution >= 0.6 is 11.6 Å². The van der Waals surface area contributed by atoms with Gasteiger partial charge in [0.25, 0.3) is 0 Å². The fourth-order valence-electron chi connectivity index (χ4n) is 1.26. The molecule has 5 heteroatoms. The van der Waals surface area contributed by atoms with E-state index in [4.69, 9.17) is 21.1 Å². The number of hydrogen-bond donors (Lipinski definition) is 1. The molecular formula is C10H11ClO4. The van der Waals surface area contributed by atoms with Crippen molar-refractivity contribution < 1.29 is 19.4 Å². The van der Waals surface area contributed by atoms with E-state index < -0.39 is 6.29 Å². The molecule has 1 N–H and O–H groups in total. The van der Waals surface area contributed by atoms with E-state index in [2.05, 4.69) is 0 Å². The van der Waals surface area contributed by atoms with Gasteiger partial charge in [0.2, 0.25) is 0 Å². The van der Waals surface area contributed by atoms with E-state index in [1.165, 1.54) is 26.4 Å². The van der Waals surface area contributed by atoms with E-state index >= 15 is 0 Å². The molecule has 0 fully saturated rings. The van der Waals surface area contributed by atoms with Crippen molar-refractivity contribution in [1.82, 2.24) is 0 Å². The van der Waals surface area contributed by atoms with Crippen LogP contribution in [-0.4, -0.2) is 25.6 Å². The van der Waals surface area contributed by atoms with E-state index in [1.807, 2.05) is 0 Å². The van der Waals surface area contributed by atoms with Crippen LogP contribution in [0.3, 0.4) is 0 Å². The largest absolute Gasteiger partial charge is 0.507 e. The second-order valence-electron chi connectivity index (χ2n) is 2.85. The first-order valence-electron chi connectivity index (χ1n) is 4.17. The molecule has 0 heterocycles. The van der Waals surface area contributed by atoms with Crippen LogP contribution in [-0.2, 0) is 9.47 Å². The number of carbonyl (C=O) groups excluding carboxylic acids is 1. The lowest BCUT2D eigenvalue weighted by atomic mass is 10.1. The second-order valence-corrected chi connectivity index (χ2v) is 3.29. The highest BCUT2D eigenvalue weighted by atomic mass is 35.5. The molecule has 0 spiro atoms. The van der Waals surface area contributed by atoms with Crippen molar-refractivity contribution in [2.24, 2.45) is 0 Å². The Morgan fingerprint density at radius 3 is 2.47 bits per heavy atom. The average molecular weight is 231 g/mol. The molecule has 0 aliphatic carbocycles. The van der Waals surface area contributed by atoms with Gasteiger partial charge in [0.15, 0.2) is 12.6 Å². The number of phenolic OH excluding ortho intramolecular Hbond substituents is 1. The smallest absolute Gasteiger partial charge is 0.186 e. The number of ether oxygens (including phenoxy) is 2. The number of aldehydes is 1. The lowest BCUT2D eigenvalue weighted by Gasteiger charge is -2.16. The minimum absolute atomic E-state index is 0.108. The summed E-state index contributed by atoms with van der Waals surface area (Å²) in [5, 5.41) is 10.0. The number of halogens is 1. The molecule has 0 radical (unpaired) electrons. The Bertz CT molecular complexity index is 361. The third kappa shape index (κ3) is 2.47. The molecule has 15 heavy (non-hydrogen) atoms. The molecule has 0 aromatic heterocycles. The maximum absolute atomic E-state index is 10.6.